The third-order valence-corrected chi connectivity index (χ3v) is 27.8. The zero-order valence-electron chi connectivity index (χ0n) is 28.9. The van der Waals surface area contributed by atoms with Crippen molar-refractivity contribution in [3.05, 3.63) is 0 Å². The van der Waals surface area contributed by atoms with Gasteiger partial charge in [0.15, 0.2) is 0 Å². The summed E-state index contributed by atoms with van der Waals surface area (Å²) in [6, 6.07) is 0. The van der Waals surface area contributed by atoms with Gasteiger partial charge in [0.2, 0.25) is 0 Å². The van der Waals surface area contributed by atoms with E-state index in [4.69, 9.17) is 114 Å². The summed E-state index contributed by atoms with van der Waals surface area (Å²) in [5.41, 5.74) is -5.04. The van der Waals surface area contributed by atoms with Gasteiger partial charge in [0.1, 0.15) is 0 Å². The maximum atomic E-state index is 5.21. The minimum absolute atomic E-state index is 0. The van der Waals surface area contributed by atoms with Crippen molar-refractivity contribution in [2.75, 3.05) is 28.4 Å². The Morgan fingerprint density at radius 3 is 0.596 bits per heavy atom. The van der Waals surface area contributed by atoms with Crippen LogP contribution in [-0.2, 0) is 159 Å². The molecule has 5 aliphatic carbocycles. The summed E-state index contributed by atoms with van der Waals surface area (Å²) in [4.78, 5) is 0. The molecule has 5 fully saturated rings. The fourth-order valence-electron chi connectivity index (χ4n) is 6.36. The van der Waals surface area contributed by atoms with Crippen LogP contribution in [0.3, 0.4) is 0 Å². The fraction of sp³-hybridized carbons (Fsp3) is 1.00. The first-order valence-corrected chi connectivity index (χ1v) is 31.8. The maximum Gasteiger partial charge on any atom is 2.00 e. The van der Waals surface area contributed by atoms with Crippen molar-refractivity contribution in [3.63, 3.8) is 0 Å². The van der Waals surface area contributed by atoms with Crippen molar-refractivity contribution in [2.45, 2.75) is 157 Å². The third-order valence-electron chi connectivity index (χ3n) is 9.36. The summed E-state index contributed by atoms with van der Waals surface area (Å²) in [7, 11) is 6.64. The Balaban J connectivity index is 0. The van der Waals surface area contributed by atoms with Gasteiger partial charge in [-0.2, -0.15) is 0 Å². The molecule has 0 spiro atoms. The number of hydrogen-bond acceptors (Lipinski definition) is 12. The van der Waals surface area contributed by atoms with E-state index in [0.29, 0.717) is 22.6 Å². The SMILES string of the molecule is C1CCCC1.COP(=S)([S-])C1CCCC1.COP(=S)([S-])C1CCCC1.COP(=S)([S-])C1CCCC1.COP(=S)([S-])C1CCCC1.[Cd+2].[Fe+2]. The molecule has 47 heavy (non-hydrogen) atoms. The summed E-state index contributed by atoms with van der Waals surface area (Å²) in [6.07, 6.45) is 27.5. The normalized spacial score (nSPS) is 25.2. The Morgan fingerprint density at radius 1 is 0.362 bits per heavy atom. The molecular weight excluding hydrogens is 961 g/mol. The molecule has 0 N–H and O–H groups in total. The summed E-state index contributed by atoms with van der Waals surface area (Å²) in [5.74, 6) is 0. The van der Waals surface area contributed by atoms with Crippen LogP contribution in [0.2, 0.25) is 0 Å². The third kappa shape index (κ3) is 22.6. The first-order chi connectivity index (χ1) is 21.2. The Kier molecular flexibility index (Phi) is 34.1. The summed E-state index contributed by atoms with van der Waals surface area (Å²) >= 11 is 41.7. The molecule has 18 heteroatoms. The van der Waals surface area contributed by atoms with Gasteiger partial charge in [0.25, 0.3) is 0 Å². The second-order valence-corrected chi connectivity index (χ2v) is 36.9. The fourth-order valence-corrected chi connectivity index (χ4v) is 16.6. The van der Waals surface area contributed by atoms with E-state index in [1.807, 2.05) is 0 Å². The molecule has 5 rings (SSSR count). The Hall–Kier alpha value is 5.28. The van der Waals surface area contributed by atoms with Crippen LogP contribution in [0.1, 0.15) is 135 Å². The first-order valence-electron chi connectivity index (χ1n) is 16.6. The van der Waals surface area contributed by atoms with Crippen LogP contribution < -0.4 is 0 Å². The first kappa shape index (κ1) is 54.4. The Morgan fingerprint density at radius 2 is 0.489 bits per heavy atom. The monoisotopic (exact) mass is 1020 g/mol. The van der Waals surface area contributed by atoms with Gasteiger partial charge in [-0.15, -0.1) is 0 Å². The van der Waals surface area contributed by atoms with Crippen LogP contribution in [0.5, 0.6) is 0 Å². The Labute approximate surface area is 362 Å². The predicted octanol–water partition coefficient (Wildman–Crippen LogP) is 11.7. The van der Waals surface area contributed by atoms with Crippen LogP contribution in [0, 0.1) is 0 Å². The minimum atomic E-state index is -1.80. The molecule has 5 saturated carbocycles. The molecule has 0 aromatic heterocycles. The van der Waals surface area contributed by atoms with Crippen molar-refractivity contribution in [1.29, 1.82) is 0 Å². The number of hydrogen-bond donors (Lipinski definition) is 0. The van der Waals surface area contributed by atoms with Crippen molar-refractivity contribution in [1.82, 2.24) is 0 Å². The average Bonchev–Trinajstić information content (AvgIpc) is 3.89. The Bertz CT molecular complexity index is 842. The van der Waals surface area contributed by atoms with E-state index in [1.165, 1.54) is 135 Å². The molecule has 0 radical (unpaired) electrons. The van der Waals surface area contributed by atoms with Crippen LogP contribution in [-0.4, -0.2) is 51.1 Å². The molecule has 4 nitrogen and oxygen atoms in total. The zero-order valence-corrected chi connectivity index (χ0v) is 44.2. The van der Waals surface area contributed by atoms with Gasteiger partial charge in [-0.1, -0.05) is 153 Å². The van der Waals surface area contributed by atoms with E-state index < -0.39 is 21.9 Å². The van der Waals surface area contributed by atoms with E-state index in [9.17, 15) is 0 Å². The quantitative estimate of drug-likeness (QED) is 0.132. The second kappa shape index (κ2) is 29.5. The minimum Gasteiger partial charge on any atom is -0.719 e. The molecule has 0 heterocycles. The van der Waals surface area contributed by atoms with Gasteiger partial charge in [-0.25, -0.2) is 0 Å². The van der Waals surface area contributed by atoms with Gasteiger partial charge in [0.05, 0.1) is 0 Å². The van der Waals surface area contributed by atoms with Crippen molar-refractivity contribution >= 4 is 118 Å². The van der Waals surface area contributed by atoms with Crippen molar-refractivity contribution in [3.8, 4) is 0 Å². The maximum absolute atomic E-state index is 5.21. The van der Waals surface area contributed by atoms with Gasteiger partial charge in [0, 0.05) is 28.4 Å². The van der Waals surface area contributed by atoms with Crippen LogP contribution in [0.25, 0.3) is 0 Å². The molecule has 0 aliphatic heterocycles. The molecule has 0 aromatic rings. The molecule has 0 saturated heterocycles. The zero-order chi connectivity index (χ0) is 34.0. The second-order valence-electron chi connectivity index (χ2n) is 12.4. The van der Waals surface area contributed by atoms with E-state index in [2.05, 4.69) is 0 Å². The molecule has 4 atom stereocenters. The summed E-state index contributed by atoms with van der Waals surface area (Å²) in [5, 5.41) is 0. The molecule has 5 aliphatic rings. The van der Waals surface area contributed by atoms with Crippen LogP contribution >= 0.6 is 21.9 Å². The largest absolute Gasteiger partial charge is 2.00 e. The molecular formula is C29H58CdFeO4P4S8. The molecule has 276 valence electrons. The standard InChI is InChI=1S/4C6H13OPS2.C5H10.Cd.Fe/c4*1-7-8(9,10)6-4-2-3-5-6;1-2-4-5-3-1;;/h4*6H,2-5H2,1H3,(H,9,10);1-5H2;;/q;;;;;2*+2/p-4. The van der Waals surface area contributed by atoms with Crippen molar-refractivity contribution in [2.24, 2.45) is 0 Å². The van der Waals surface area contributed by atoms with E-state index in [0.717, 1.165) is 0 Å². The summed E-state index contributed by atoms with van der Waals surface area (Å²) < 4.78 is 20.6. The van der Waals surface area contributed by atoms with Gasteiger partial charge in [-0.3, -0.25) is 0 Å². The summed E-state index contributed by atoms with van der Waals surface area (Å²) in [6.45, 7) is 0. The van der Waals surface area contributed by atoms with Crippen LogP contribution in [0.4, 0.5) is 0 Å². The van der Waals surface area contributed by atoms with E-state index >= 15 is 0 Å². The predicted molar refractivity (Wildman–Crippen MR) is 227 cm³/mol. The molecule has 0 amide bonds. The average molecular weight is 1020 g/mol. The molecule has 0 aromatic carbocycles. The van der Waals surface area contributed by atoms with E-state index in [1.54, 1.807) is 28.4 Å². The molecule has 4 unspecified atom stereocenters. The van der Waals surface area contributed by atoms with Crippen molar-refractivity contribution < 1.29 is 62.5 Å². The molecule has 0 bridgehead atoms. The van der Waals surface area contributed by atoms with Gasteiger partial charge in [-0.05, 0) is 74.0 Å². The smallest absolute Gasteiger partial charge is 0.719 e. The van der Waals surface area contributed by atoms with Gasteiger partial charge >= 0.3 is 44.4 Å². The van der Waals surface area contributed by atoms with Gasteiger partial charge < -0.3 is 67.1 Å². The number of rotatable bonds is 8. The topological polar surface area (TPSA) is 36.9 Å². The van der Waals surface area contributed by atoms with E-state index in [-0.39, 0.29) is 44.4 Å². The van der Waals surface area contributed by atoms with Crippen LogP contribution in [0.15, 0.2) is 0 Å².